The molecule has 0 aliphatic carbocycles. The number of hydrogen-bond acceptors (Lipinski definition) is 5. The van der Waals surface area contributed by atoms with E-state index in [0.29, 0.717) is 17.7 Å². The van der Waals surface area contributed by atoms with Crippen molar-refractivity contribution in [2.75, 3.05) is 11.4 Å². The van der Waals surface area contributed by atoms with Gasteiger partial charge in [0.05, 0.1) is 10.7 Å². The zero-order valence-corrected chi connectivity index (χ0v) is 16.1. The monoisotopic (exact) mass is 391 g/mol. The Morgan fingerprint density at radius 1 is 1.15 bits per heavy atom. The van der Waals surface area contributed by atoms with E-state index in [2.05, 4.69) is 5.32 Å². The van der Waals surface area contributed by atoms with E-state index in [1.807, 2.05) is 0 Å². The number of aryl methyl sites for hydroxylation is 1. The molecule has 1 N–H and O–H groups in total. The van der Waals surface area contributed by atoms with Crippen LogP contribution in [0.5, 0.6) is 0 Å². The third kappa shape index (κ3) is 5.04. The molecule has 0 atom stereocenters. The molecular weight excluding hydrogens is 370 g/mol. The lowest BCUT2D eigenvalue weighted by atomic mass is 10.1. The molecule has 8 nitrogen and oxygen atoms in total. The molecule has 1 amide bonds. The maximum absolute atomic E-state index is 12.7. The number of sulfonamides is 1. The van der Waals surface area contributed by atoms with E-state index in [0.717, 1.165) is 9.87 Å². The van der Waals surface area contributed by atoms with Crippen molar-refractivity contribution in [1.29, 1.82) is 0 Å². The van der Waals surface area contributed by atoms with Gasteiger partial charge in [0.1, 0.15) is 5.69 Å². The minimum atomic E-state index is -3.82. The van der Waals surface area contributed by atoms with Crippen LogP contribution >= 0.6 is 0 Å². The summed E-state index contributed by atoms with van der Waals surface area (Å²) >= 11 is 0. The van der Waals surface area contributed by atoms with Crippen LogP contribution in [0.4, 0.5) is 11.4 Å². The van der Waals surface area contributed by atoms with Crippen LogP contribution in [-0.2, 0) is 27.1 Å². The summed E-state index contributed by atoms with van der Waals surface area (Å²) in [4.78, 5) is 21.7. The van der Waals surface area contributed by atoms with Gasteiger partial charge >= 0.3 is 0 Å². The maximum atomic E-state index is 12.7. The number of hydrogen-bond donors (Lipinski definition) is 1. The average molecular weight is 391 g/mol. The molecule has 0 heterocycles. The van der Waals surface area contributed by atoms with Crippen LogP contribution in [0.25, 0.3) is 0 Å². The van der Waals surface area contributed by atoms with Crippen LogP contribution in [0, 0.1) is 17.0 Å². The smallest absolute Gasteiger partial charge is 0.296 e. The zero-order chi connectivity index (χ0) is 20.2. The number of anilines is 1. The molecule has 0 spiro atoms. The normalized spacial score (nSPS) is 11.1. The standard InChI is InChI=1S/C18H21N3O5S/c1-13-5-4-6-17(18(13)21(23)24)20(3)27(25,26)12-16-9-7-15(8-10-16)11-19-14(2)22/h4-10H,11-12H2,1-3H3,(H,19,22). The highest BCUT2D eigenvalue weighted by Crippen LogP contribution is 2.32. The number of carbonyl (C=O) groups excluding carboxylic acids is 1. The summed E-state index contributed by atoms with van der Waals surface area (Å²) in [6.45, 7) is 3.34. The Bertz CT molecular complexity index is 955. The fraction of sp³-hybridized carbons (Fsp3) is 0.278. The molecule has 0 aliphatic heterocycles. The van der Waals surface area contributed by atoms with Crippen LogP contribution in [0.1, 0.15) is 23.6 Å². The van der Waals surface area contributed by atoms with Crippen LogP contribution in [0.2, 0.25) is 0 Å². The van der Waals surface area contributed by atoms with Gasteiger partial charge in [-0.1, -0.05) is 36.4 Å². The van der Waals surface area contributed by atoms with E-state index in [1.165, 1.54) is 20.0 Å². The Hall–Kier alpha value is -2.94. The molecule has 0 aromatic heterocycles. The number of carbonyl (C=O) groups is 1. The second-order valence-corrected chi connectivity index (χ2v) is 8.15. The summed E-state index contributed by atoms with van der Waals surface area (Å²) in [5.41, 5.74) is 1.58. The highest BCUT2D eigenvalue weighted by Gasteiger charge is 2.27. The average Bonchev–Trinajstić information content (AvgIpc) is 2.59. The fourth-order valence-corrected chi connectivity index (χ4v) is 3.83. The third-order valence-corrected chi connectivity index (χ3v) is 5.80. The van der Waals surface area contributed by atoms with Gasteiger partial charge in [0.15, 0.2) is 0 Å². The van der Waals surface area contributed by atoms with E-state index in [1.54, 1.807) is 43.3 Å². The van der Waals surface area contributed by atoms with Crippen molar-refractivity contribution in [2.45, 2.75) is 26.1 Å². The minimum absolute atomic E-state index is 0.0299. The number of para-hydroxylation sites is 1. The van der Waals surface area contributed by atoms with Crippen LogP contribution in [0.15, 0.2) is 42.5 Å². The van der Waals surface area contributed by atoms with Gasteiger partial charge in [-0.05, 0) is 24.1 Å². The topological polar surface area (TPSA) is 110 Å². The summed E-state index contributed by atoms with van der Waals surface area (Å²) in [6, 6.07) is 11.3. The fourth-order valence-electron chi connectivity index (χ4n) is 2.57. The number of nitro benzene ring substituents is 1. The van der Waals surface area contributed by atoms with Crippen molar-refractivity contribution in [1.82, 2.24) is 5.32 Å². The Kier molecular flexibility index (Phi) is 6.17. The Morgan fingerprint density at radius 2 is 1.74 bits per heavy atom. The third-order valence-electron chi connectivity index (χ3n) is 4.07. The van der Waals surface area contributed by atoms with Crippen molar-refractivity contribution in [2.24, 2.45) is 0 Å². The van der Waals surface area contributed by atoms with Crippen molar-refractivity contribution >= 4 is 27.3 Å². The number of nitro groups is 1. The lowest BCUT2D eigenvalue weighted by Crippen LogP contribution is -2.28. The lowest BCUT2D eigenvalue weighted by molar-refractivity contribution is -0.384. The zero-order valence-electron chi connectivity index (χ0n) is 15.3. The van der Waals surface area contributed by atoms with Crippen LogP contribution in [0.3, 0.4) is 0 Å². The van der Waals surface area contributed by atoms with Gasteiger partial charge in [0.25, 0.3) is 5.69 Å². The first kappa shape index (κ1) is 20.4. The number of benzene rings is 2. The van der Waals surface area contributed by atoms with Crippen molar-refractivity contribution in [3.63, 3.8) is 0 Å². The molecule has 0 unspecified atom stereocenters. The number of rotatable bonds is 7. The van der Waals surface area contributed by atoms with E-state index in [4.69, 9.17) is 0 Å². The van der Waals surface area contributed by atoms with E-state index in [9.17, 15) is 23.3 Å². The Labute approximate surface area is 158 Å². The van der Waals surface area contributed by atoms with Gasteiger partial charge in [-0.2, -0.15) is 0 Å². The second kappa shape index (κ2) is 8.17. The number of nitrogens with one attached hydrogen (secondary N) is 1. The molecule has 0 saturated heterocycles. The molecule has 0 bridgehead atoms. The largest absolute Gasteiger partial charge is 0.352 e. The molecule has 0 fully saturated rings. The van der Waals surface area contributed by atoms with Crippen LogP contribution < -0.4 is 9.62 Å². The van der Waals surface area contributed by atoms with Gasteiger partial charge in [0.2, 0.25) is 15.9 Å². The molecule has 144 valence electrons. The first-order valence-electron chi connectivity index (χ1n) is 8.14. The molecule has 2 rings (SSSR count). The molecule has 0 aliphatic rings. The number of amides is 1. The van der Waals surface area contributed by atoms with Crippen LogP contribution in [-0.4, -0.2) is 26.3 Å². The molecule has 2 aromatic carbocycles. The van der Waals surface area contributed by atoms with Gasteiger partial charge in [0, 0.05) is 26.1 Å². The molecule has 9 heteroatoms. The van der Waals surface area contributed by atoms with E-state index in [-0.39, 0.29) is 23.0 Å². The molecule has 0 saturated carbocycles. The second-order valence-electron chi connectivity index (χ2n) is 6.15. The molecule has 2 aromatic rings. The Morgan fingerprint density at radius 3 is 2.30 bits per heavy atom. The lowest BCUT2D eigenvalue weighted by Gasteiger charge is -2.20. The van der Waals surface area contributed by atoms with Gasteiger partial charge in [-0.15, -0.1) is 0 Å². The predicted octanol–water partition coefficient (Wildman–Crippen LogP) is 2.51. The Balaban J connectivity index is 2.23. The number of nitrogens with zero attached hydrogens (tertiary/aromatic N) is 2. The summed E-state index contributed by atoms with van der Waals surface area (Å²) in [7, 11) is -2.51. The summed E-state index contributed by atoms with van der Waals surface area (Å²) in [5.74, 6) is -0.447. The van der Waals surface area contributed by atoms with Crippen molar-refractivity contribution in [3.05, 3.63) is 69.3 Å². The first-order chi connectivity index (χ1) is 12.6. The first-order valence-corrected chi connectivity index (χ1v) is 9.75. The minimum Gasteiger partial charge on any atom is -0.352 e. The maximum Gasteiger partial charge on any atom is 0.296 e. The molecular formula is C18H21N3O5S. The van der Waals surface area contributed by atoms with Gasteiger partial charge < -0.3 is 5.32 Å². The molecule has 27 heavy (non-hydrogen) atoms. The highest BCUT2D eigenvalue weighted by atomic mass is 32.2. The summed E-state index contributed by atoms with van der Waals surface area (Å²) in [5, 5.41) is 14.0. The molecule has 0 radical (unpaired) electrons. The quantitative estimate of drug-likeness (QED) is 0.576. The predicted molar refractivity (Wildman–Crippen MR) is 103 cm³/mol. The highest BCUT2D eigenvalue weighted by molar-refractivity contribution is 7.92. The van der Waals surface area contributed by atoms with Crippen molar-refractivity contribution in [3.8, 4) is 0 Å². The summed E-state index contributed by atoms with van der Waals surface area (Å²) < 4.78 is 26.4. The van der Waals surface area contributed by atoms with Gasteiger partial charge in [-0.25, -0.2) is 8.42 Å². The SMILES string of the molecule is CC(=O)NCc1ccc(CS(=O)(=O)N(C)c2cccc(C)c2[N+](=O)[O-])cc1. The van der Waals surface area contributed by atoms with Crippen molar-refractivity contribution < 1.29 is 18.1 Å². The van der Waals surface area contributed by atoms with Gasteiger partial charge in [-0.3, -0.25) is 19.2 Å². The van der Waals surface area contributed by atoms with E-state index < -0.39 is 14.9 Å². The van der Waals surface area contributed by atoms with E-state index >= 15 is 0 Å². The summed E-state index contributed by atoms with van der Waals surface area (Å²) in [6.07, 6.45) is 0.